The predicted octanol–water partition coefficient (Wildman–Crippen LogP) is 2.29. The fourth-order valence-corrected chi connectivity index (χ4v) is 1.66. The molecule has 2 aromatic rings. The van der Waals surface area contributed by atoms with Gasteiger partial charge in [-0.3, -0.25) is 4.68 Å². The maximum absolute atomic E-state index is 5.67. The summed E-state index contributed by atoms with van der Waals surface area (Å²) in [5.41, 5.74) is 2.03. The summed E-state index contributed by atoms with van der Waals surface area (Å²) in [4.78, 5) is 4.10. The monoisotopic (exact) mass is 275 g/mol. The summed E-state index contributed by atoms with van der Waals surface area (Å²) in [7, 11) is 1.84. The third-order valence-electron chi connectivity index (χ3n) is 2.66. The van der Waals surface area contributed by atoms with Crippen molar-refractivity contribution in [1.82, 2.24) is 14.8 Å². The first kappa shape index (κ1) is 13.4. The summed E-state index contributed by atoms with van der Waals surface area (Å²) in [5, 5.41) is 3.99. The molecule has 0 bridgehead atoms. The zero-order chi connectivity index (χ0) is 13.7. The first-order chi connectivity index (χ1) is 9.20. The van der Waals surface area contributed by atoms with Crippen molar-refractivity contribution in [1.29, 1.82) is 0 Å². The van der Waals surface area contributed by atoms with Gasteiger partial charge >= 0.3 is 0 Å². The Kier molecular flexibility index (Phi) is 4.43. The number of nitrogens with zero attached hydrogens (tertiary/aromatic N) is 3. The molecule has 0 saturated carbocycles. The second kappa shape index (κ2) is 6.26. The molecule has 0 aliphatic heterocycles. The lowest BCUT2D eigenvalue weighted by Crippen LogP contribution is -2.04. The second-order valence-corrected chi connectivity index (χ2v) is 4.27. The Hall–Kier alpha value is -1.99. The highest BCUT2D eigenvalue weighted by Crippen LogP contribution is 2.17. The van der Waals surface area contributed by atoms with Gasteiger partial charge in [-0.25, -0.2) is 4.98 Å². The predicted molar refractivity (Wildman–Crippen MR) is 74.1 cm³/mol. The fraction of sp³-hybridized carbons (Fsp3) is 0.286. The normalized spacial score (nSPS) is 9.84. The molecule has 5 heteroatoms. The first-order valence-corrected chi connectivity index (χ1v) is 6.35. The van der Waals surface area contributed by atoms with Crippen molar-refractivity contribution in [3.63, 3.8) is 0 Å². The van der Waals surface area contributed by atoms with Crippen LogP contribution in [0.15, 0.2) is 24.5 Å². The highest BCUT2D eigenvalue weighted by atomic mass is 35.5. The SMILES string of the molecule is Cc1cc(OCc2ncnn2C)ccc1C#CCCl. The molecular formula is C14H14ClN3O. The van der Waals surface area contributed by atoms with E-state index in [1.54, 1.807) is 4.68 Å². The lowest BCUT2D eigenvalue weighted by atomic mass is 10.1. The molecule has 19 heavy (non-hydrogen) atoms. The number of rotatable bonds is 3. The van der Waals surface area contributed by atoms with Crippen molar-refractivity contribution < 1.29 is 4.74 Å². The number of halogens is 1. The molecule has 1 aromatic carbocycles. The number of hydrogen-bond donors (Lipinski definition) is 0. The van der Waals surface area contributed by atoms with Crippen molar-refractivity contribution in [2.24, 2.45) is 7.05 Å². The van der Waals surface area contributed by atoms with E-state index in [1.165, 1.54) is 6.33 Å². The van der Waals surface area contributed by atoms with Crippen LogP contribution >= 0.6 is 11.6 Å². The number of alkyl halides is 1. The van der Waals surface area contributed by atoms with Crippen LogP contribution in [0.4, 0.5) is 0 Å². The van der Waals surface area contributed by atoms with E-state index in [-0.39, 0.29) is 0 Å². The Balaban J connectivity index is 2.06. The third-order valence-corrected chi connectivity index (χ3v) is 2.79. The average Bonchev–Trinajstić information content (AvgIpc) is 2.81. The molecule has 98 valence electrons. The first-order valence-electron chi connectivity index (χ1n) is 5.82. The maximum Gasteiger partial charge on any atom is 0.164 e. The minimum absolute atomic E-state index is 0.337. The van der Waals surface area contributed by atoms with Crippen LogP contribution in [0.25, 0.3) is 0 Å². The van der Waals surface area contributed by atoms with E-state index < -0.39 is 0 Å². The van der Waals surface area contributed by atoms with Crippen LogP contribution in [0, 0.1) is 18.8 Å². The van der Waals surface area contributed by atoms with Crippen molar-refractivity contribution in [3.05, 3.63) is 41.5 Å². The summed E-state index contributed by atoms with van der Waals surface area (Å²) in [5.74, 6) is 7.75. The summed E-state index contributed by atoms with van der Waals surface area (Å²) in [6, 6.07) is 5.77. The van der Waals surface area contributed by atoms with E-state index in [9.17, 15) is 0 Å². The van der Waals surface area contributed by atoms with Gasteiger partial charge in [-0.05, 0) is 30.7 Å². The molecule has 0 fully saturated rings. The molecule has 1 heterocycles. The van der Waals surface area contributed by atoms with Crippen LogP contribution in [0.5, 0.6) is 5.75 Å². The van der Waals surface area contributed by atoms with Gasteiger partial charge < -0.3 is 4.74 Å². The molecule has 0 atom stereocenters. The number of ether oxygens (including phenoxy) is 1. The average molecular weight is 276 g/mol. The van der Waals surface area contributed by atoms with Crippen LogP contribution < -0.4 is 4.74 Å². The minimum atomic E-state index is 0.337. The molecule has 0 radical (unpaired) electrons. The Morgan fingerprint density at radius 3 is 2.89 bits per heavy atom. The van der Waals surface area contributed by atoms with E-state index in [4.69, 9.17) is 16.3 Å². The molecule has 1 aromatic heterocycles. The molecule has 0 aliphatic rings. The second-order valence-electron chi connectivity index (χ2n) is 4.00. The Bertz CT molecular complexity index is 625. The van der Waals surface area contributed by atoms with E-state index >= 15 is 0 Å². The van der Waals surface area contributed by atoms with Gasteiger partial charge in [0, 0.05) is 12.6 Å². The standard InChI is InChI=1S/C14H14ClN3O/c1-11-8-13(6-5-12(11)4-3-7-15)19-9-14-16-10-17-18(14)2/h5-6,8,10H,7,9H2,1-2H3. The highest BCUT2D eigenvalue weighted by Gasteiger charge is 2.03. The van der Waals surface area contributed by atoms with Gasteiger partial charge in [0.1, 0.15) is 18.7 Å². The molecule has 4 nitrogen and oxygen atoms in total. The molecule has 0 aliphatic carbocycles. The van der Waals surface area contributed by atoms with Crippen molar-refractivity contribution in [2.45, 2.75) is 13.5 Å². The van der Waals surface area contributed by atoms with Gasteiger partial charge in [-0.1, -0.05) is 11.8 Å². The smallest absolute Gasteiger partial charge is 0.164 e. The number of aromatic nitrogens is 3. The molecule has 0 N–H and O–H groups in total. The van der Waals surface area contributed by atoms with Crippen LogP contribution in [0.3, 0.4) is 0 Å². The summed E-state index contributed by atoms with van der Waals surface area (Å²) < 4.78 is 7.36. The van der Waals surface area contributed by atoms with E-state index in [0.717, 1.165) is 22.7 Å². The maximum atomic E-state index is 5.67. The Morgan fingerprint density at radius 1 is 1.42 bits per heavy atom. The zero-order valence-electron chi connectivity index (χ0n) is 10.9. The van der Waals surface area contributed by atoms with Crippen molar-refractivity contribution >= 4 is 11.6 Å². The lowest BCUT2D eigenvalue weighted by Gasteiger charge is -2.07. The van der Waals surface area contributed by atoms with Crippen LogP contribution in [0.2, 0.25) is 0 Å². The minimum Gasteiger partial charge on any atom is -0.486 e. The lowest BCUT2D eigenvalue weighted by molar-refractivity contribution is 0.289. The van der Waals surface area contributed by atoms with Gasteiger partial charge in [-0.2, -0.15) is 5.10 Å². The molecule has 0 unspecified atom stereocenters. The van der Waals surface area contributed by atoms with Crippen LogP contribution in [0.1, 0.15) is 17.0 Å². The number of benzene rings is 1. The van der Waals surface area contributed by atoms with Crippen molar-refractivity contribution in [2.75, 3.05) is 5.88 Å². The Labute approximate surface area is 117 Å². The summed E-state index contributed by atoms with van der Waals surface area (Å²) in [6.07, 6.45) is 1.51. The quantitative estimate of drug-likeness (QED) is 0.637. The molecule has 0 saturated heterocycles. The third kappa shape index (κ3) is 3.49. The topological polar surface area (TPSA) is 39.9 Å². The molecule has 0 amide bonds. The molecular weight excluding hydrogens is 262 g/mol. The van der Waals surface area contributed by atoms with Gasteiger partial charge in [0.25, 0.3) is 0 Å². The zero-order valence-corrected chi connectivity index (χ0v) is 11.6. The number of hydrogen-bond acceptors (Lipinski definition) is 3. The van der Waals surface area contributed by atoms with Gasteiger partial charge in [-0.15, -0.1) is 11.6 Å². The van der Waals surface area contributed by atoms with Gasteiger partial charge in [0.05, 0.1) is 5.88 Å². The van der Waals surface area contributed by atoms with E-state index in [2.05, 4.69) is 21.9 Å². The summed E-state index contributed by atoms with van der Waals surface area (Å²) in [6.45, 7) is 2.38. The van der Waals surface area contributed by atoms with Crippen molar-refractivity contribution in [3.8, 4) is 17.6 Å². The van der Waals surface area contributed by atoms with E-state index in [0.29, 0.717) is 12.5 Å². The Morgan fingerprint density at radius 2 is 2.26 bits per heavy atom. The molecule has 0 spiro atoms. The van der Waals surface area contributed by atoms with Gasteiger partial charge in [0.15, 0.2) is 5.82 Å². The summed E-state index contributed by atoms with van der Waals surface area (Å²) >= 11 is 5.54. The fourth-order valence-electron chi connectivity index (χ4n) is 1.59. The van der Waals surface area contributed by atoms with Gasteiger partial charge in [0.2, 0.25) is 0 Å². The van der Waals surface area contributed by atoms with E-state index in [1.807, 2.05) is 32.2 Å². The van der Waals surface area contributed by atoms with Crippen LogP contribution in [-0.2, 0) is 13.7 Å². The molecule has 2 rings (SSSR count). The number of aryl methyl sites for hydroxylation is 2. The van der Waals surface area contributed by atoms with Crippen LogP contribution in [-0.4, -0.2) is 20.6 Å². The highest BCUT2D eigenvalue weighted by molar-refractivity contribution is 6.19. The largest absolute Gasteiger partial charge is 0.486 e.